The van der Waals surface area contributed by atoms with Gasteiger partial charge in [0.2, 0.25) is 0 Å². The van der Waals surface area contributed by atoms with Gasteiger partial charge in [-0.3, -0.25) is 0 Å². The second-order valence-electron chi connectivity index (χ2n) is 3.07. The molecule has 90 valence electrons. The first kappa shape index (κ1) is 12.5. The topological polar surface area (TPSA) is 133 Å². The van der Waals surface area contributed by atoms with E-state index in [0.717, 1.165) is 0 Å². The Balaban J connectivity index is 2.60. The molecule has 16 heavy (non-hydrogen) atoms. The molecular formula is C7H13N5O3S. The molecule has 0 bridgehead atoms. The van der Waals surface area contributed by atoms with Gasteiger partial charge in [0.1, 0.15) is 11.7 Å². The summed E-state index contributed by atoms with van der Waals surface area (Å²) in [7, 11) is -3.60. The van der Waals surface area contributed by atoms with E-state index in [9.17, 15) is 8.42 Å². The van der Waals surface area contributed by atoms with Crippen molar-refractivity contribution in [1.82, 2.24) is 14.7 Å². The molecule has 0 unspecified atom stereocenters. The van der Waals surface area contributed by atoms with Crippen LogP contribution in [0.4, 0.5) is 0 Å². The maximum atomic E-state index is 11.6. The van der Waals surface area contributed by atoms with Crippen molar-refractivity contribution in [3.05, 3.63) is 12.0 Å². The number of oxime groups is 1. The number of H-pyrrole nitrogens is 1. The van der Waals surface area contributed by atoms with Gasteiger partial charge in [0.05, 0.1) is 6.20 Å². The van der Waals surface area contributed by atoms with E-state index in [2.05, 4.69) is 19.8 Å². The Morgan fingerprint density at radius 2 is 2.44 bits per heavy atom. The zero-order valence-corrected chi connectivity index (χ0v) is 9.45. The molecule has 0 spiro atoms. The highest BCUT2D eigenvalue weighted by atomic mass is 32.2. The predicted molar refractivity (Wildman–Crippen MR) is 56.5 cm³/mol. The number of rotatable bonds is 5. The van der Waals surface area contributed by atoms with Crippen molar-refractivity contribution in [2.75, 3.05) is 6.54 Å². The van der Waals surface area contributed by atoms with E-state index in [1.54, 1.807) is 6.92 Å². The van der Waals surface area contributed by atoms with Crippen LogP contribution in [0.15, 0.2) is 16.4 Å². The van der Waals surface area contributed by atoms with Crippen LogP contribution in [0.2, 0.25) is 0 Å². The minimum atomic E-state index is -3.60. The van der Waals surface area contributed by atoms with Gasteiger partial charge in [-0.1, -0.05) is 5.16 Å². The van der Waals surface area contributed by atoms with Crippen LogP contribution in [0.1, 0.15) is 12.2 Å². The average Bonchev–Trinajstić information content (AvgIpc) is 2.65. The summed E-state index contributed by atoms with van der Waals surface area (Å²) in [5.74, 6) is 0.473. The van der Waals surface area contributed by atoms with E-state index in [0.29, 0.717) is 5.82 Å². The van der Waals surface area contributed by atoms with Crippen LogP contribution in [0, 0.1) is 6.92 Å². The predicted octanol–water partition coefficient (Wildman–Crippen LogP) is -0.867. The summed E-state index contributed by atoms with van der Waals surface area (Å²) in [4.78, 5) is 6.38. The summed E-state index contributed by atoms with van der Waals surface area (Å²) in [5.41, 5.74) is 5.19. The first-order valence-electron chi connectivity index (χ1n) is 4.43. The average molecular weight is 247 g/mol. The number of aromatic nitrogens is 2. The van der Waals surface area contributed by atoms with Gasteiger partial charge in [-0.2, -0.15) is 0 Å². The minimum absolute atomic E-state index is 0.00971. The molecule has 9 heteroatoms. The van der Waals surface area contributed by atoms with Crippen molar-refractivity contribution >= 4 is 15.9 Å². The molecule has 1 aromatic heterocycles. The van der Waals surface area contributed by atoms with Crippen molar-refractivity contribution in [3.63, 3.8) is 0 Å². The lowest BCUT2D eigenvalue weighted by Crippen LogP contribution is -2.28. The smallest absolute Gasteiger partial charge is 0.257 e. The number of nitrogens with zero attached hydrogens (tertiary/aromatic N) is 2. The molecule has 0 atom stereocenters. The number of amidine groups is 1. The third kappa shape index (κ3) is 3.21. The Bertz CT molecular complexity index is 478. The number of aromatic amines is 1. The molecule has 0 fully saturated rings. The van der Waals surface area contributed by atoms with Crippen molar-refractivity contribution < 1.29 is 13.6 Å². The van der Waals surface area contributed by atoms with Crippen LogP contribution in [0.3, 0.4) is 0 Å². The van der Waals surface area contributed by atoms with Gasteiger partial charge in [0, 0.05) is 13.0 Å². The van der Waals surface area contributed by atoms with E-state index < -0.39 is 10.0 Å². The lowest BCUT2D eigenvalue weighted by molar-refractivity contribution is 0.317. The number of hydrogen-bond donors (Lipinski definition) is 4. The number of sulfonamides is 1. The van der Waals surface area contributed by atoms with Crippen LogP contribution >= 0.6 is 0 Å². The van der Waals surface area contributed by atoms with Crippen LogP contribution < -0.4 is 10.5 Å². The van der Waals surface area contributed by atoms with Crippen molar-refractivity contribution in [2.24, 2.45) is 10.9 Å². The van der Waals surface area contributed by atoms with Gasteiger partial charge in [0.25, 0.3) is 10.0 Å². The molecule has 0 saturated carbocycles. The van der Waals surface area contributed by atoms with Gasteiger partial charge >= 0.3 is 0 Å². The fourth-order valence-electron chi connectivity index (χ4n) is 0.976. The fourth-order valence-corrected chi connectivity index (χ4v) is 1.98. The number of nitrogens with one attached hydrogen (secondary N) is 2. The monoisotopic (exact) mass is 247 g/mol. The van der Waals surface area contributed by atoms with Gasteiger partial charge in [-0.15, -0.1) is 0 Å². The zero-order chi connectivity index (χ0) is 12.2. The quantitative estimate of drug-likeness (QED) is 0.232. The number of nitrogens with two attached hydrogens (primary N) is 1. The van der Waals surface area contributed by atoms with Crippen LogP contribution in [0.5, 0.6) is 0 Å². The molecule has 0 aliphatic carbocycles. The molecule has 1 heterocycles. The molecule has 0 radical (unpaired) electrons. The van der Waals surface area contributed by atoms with Crippen molar-refractivity contribution in [2.45, 2.75) is 18.4 Å². The molecular weight excluding hydrogens is 234 g/mol. The lowest BCUT2D eigenvalue weighted by Gasteiger charge is -2.03. The normalized spacial score (nSPS) is 12.9. The van der Waals surface area contributed by atoms with Crippen molar-refractivity contribution in [1.29, 1.82) is 0 Å². The fraction of sp³-hybridized carbons (Fsp3) is 0.429. The first-order valence-corrected chi connectivity index (χ1v) is 5.91. The highest BCUT2D eigenvalue weighted by Gasteiger charge is 2.15. The Morgan fingerprint density at radius 3 is 2.94 bits per heavy atom. The van der Waals surface area contributed by atoms with Crippen LogP contribution in [0.25, 0.3) is 0 Å². The molecule has 0 amide bonds. The highest BCUT2D eigenvalue weighted by molar-refractivity contribution is 7.89. The Kier molecular flexibility index (Phi) is 3.85. The summed E-state index contributed by atoms with van der Waals surface area (Å²) >= 11 is 0. The van der Waals surface area contributed by atoms with Crippen LogP contribution in [-0.2, 0) is 10.0 Å². The standard InChI is InChI=1S/C7H13N5O3S/c1-5-9-4-7(11-5)16(14,15)10-3-2-6(8)12-13/h4,10,13H,2-3H2,1H3,(H2,8,12)(H,9,11). The molecule has 0 saturated heterocycles. The van der Waals surface area contributed by atoms with Gasteiger partial charge in [0.15, 0.2) is 5.03 Å². The van der Waals surface area contributed by atoms with Crippen molar-refractivity contribution in [3.8, 4) is 0 Å². The Morgan fingerprint density at radius 1 is 1.75 bits per heavy atom. The maximum absolute atomic E-state index is 11.6. The first-order chi connectivity index (χ1) is 7.45. The summed E-state index contributed by atoms with van der Waals surface area (Å²) in [5, 5.41) is 11.0. The van der Waals surface area contributed by atoms with E-state index in [1.165, 1.54) is 6.20 Å². The van der Waals surface area contributed by atoms with E-state index >= 15 is 0 Å². The second-order valence-corrected chi connectivity index (χ2v) is 4.81. The molecule has 0 aliphatic heterocycles. The molecule has 5 N–H and O–H groups in total. The molecule has 0 aromatic carbocycles. The zero-order valence-electron chi connectivity index (χ0n) is 8.64. The molecule has 0 aliphatic rings. The van der Waals surface area contributed by atoms with Gasteiger partial charge in [-0.25, -0.2) is 18.1 Å². The van der Waals surface area contributed by atoms with Gasteiger partial charge in [-0.05, 0) is 6.92 Å². The molecule has 8 nitrogen and oxygen atoms in total. The number of hydrogen-bond acceptors (Lipinski definition) is 5. The second kappa shape index (κ2) is 4.94. The SMILES string of the molecule is Cc1ncc(S(=O)(=O)NCCC(N)=NO)[nH]1. The third-order valence-corrected chi connectivity index (χ3v) is 3.14. The third-order valence-electron chi connectivity index (χ3n) is 1.77. The maximum Gasteiger partial charge on any atom is 0.257 e. The lowest BCUT2D eigenvalue weighted by atomic mass is 10.4. The van der Waals surface area contributed by atoms with Gasteiger partial charge < -0.3 is 15.9 Å². The Labute approximate surface area is 92.6 Å². The van der Waals surface area contributed by atoms with E-state index in [4.69, 9.17) is 10.9 Å². The molecule has 1 rings (SSSR count). The van der Waals surface area contributed by atoms with E-state index in [1.807, 2.05) is 0 Å². The van der Waals surface area contributed by atoms with Crippen LogP contribution in [-0.4, -0.2) is 36.0 Å². The Hall–Kier alpha value is -1.61. The largest absolute Gasteiger partial charge is 0.409 e. The van der Waals surface area contributed by atoms with E-state index in [-0.39, 0.29) is 23.8 Å². The molecule has 1 aromatic rings. The summed E-state index contributed by atoms with van der Waals surface area (Å²) in [6.07, 6.45) is 1.35. The summed E-state index contributed by atoms with van der Waals surface area (Å²) in [6, 6.07) is 0. The summed E-state index contributed by atoms with van der Waals surface area (Å²) in [6.45, 7) is 1.70. The summed E-state index contributed by atoms with van der Waals surface area (Å²) < 4.78 is 25.5. The minimum Gasteiger partial charge on any atom is -0.409 e. The highest BCUT2D eigenvalue weighted by Crippen LogP contribution is 2.04. The number of imidazole rings is 1. The number of aryl methyl sites for hydroxylation is 1.